The number of hydrogen-bond donors (Lipinski definition) is 1. The Morgan fingerprint density at radius 1 is 1.29 bits per heavy atom. The summed E-state index contributed by atoms with van der Waals surface area (Å²) in [6.45, 7) is 12.6. The van der Waals surface area contributed by atoms with Crippen molar-refractivity contribution in [2.24, 2.45) is 16.2 Å². The highest BCUT2D eigenvalue weighted by atomic mass is 16.6. The van der Waals surface area contributed by atoms with Crippen LogP contribution in [0.1, 0.15) is 67.2 Å². The third-order valence-corrected chi connectivity index (χ3v) is 6.17. The van der Waals surface area contributed by atoms with E-state index in [-0.39, 0.29) is 28.1 Å². The number of nitrogens with one attached hydrogen (secondary N) is 1. The predicted molar refractivity (Wildman–Crippen MR) is 81.6 cm³/mol. The van der Waals surface area contributed by atoms with E-state index in [1.807, 2.05) is 27.7 Å². The lowest BCUT2D eigenvalue weighted by Crippen LogP contribution is -2.65. The predicted octanol–water partition coefficient (Wildman–Crippen LogP) is 3.05. The summed E-state index contributed by atoms with van der Waals surface area (Å²) in [5.74, 6) is -0.0684. The molecule has 0 radical (unpaired) electrons. The van der Waals surface area contributed by atoms with E-state index in [0.29, 0.717) is 6.54 Å². The molecule has 3 fully saturated rings. The number of amides is 1. The minimum absolute atomic E-state index is 0.0344. The van der Waals surface area contributed by atoms with Crippen LogP contribution in [0.15, 0.2) is 0 Å². The van der Waals surface area contributed by atoms with Crippen LogP contribution in [0.25, 0.3) is 0 Å². The van der Waals surface area contributed by atoms with E-state index in [2.05, 4.69) is 19.2 Å². The molecule has 2 unspecified atom stereocenters. The van der Waals surface area contributed by atoms with E-state index in [0.717, 1.165) is 25.7 Å². The maximum Gasteiger partial charge on any atom is 0.312 e. The minimum Gasteiger partial charge on any atom is -0.457 e. The molecule has 2 aliphatic heterocycles. The molecule has 2 atom stereocenters. The highest BCUT2D eigenvalue weighted by Gasteiger charge is 2.63. The third kappa shape index (κ3) is 2.47. The van der Waals surface area contributed by atoms with Gasteiger partial charge < -0.3 is 10.1 Å². The summed E-state index contributed by atoms with van der Waals surface area (Å²) >= 11 is 0. The zero-order valence-electron chi connectivity index (χ0n) is 14.3. The summed E-state index contributed by atoms with van der Waals surface area (Å²) in [4.78, 5) is 24.6. The van der Waals surface area contributed by atoms with Crippen molar-refractivity contribution in [3.05, 3.63) is 0 Å². The summed E-state index contributed by atoms with van der Waals surface area (Å²) < 4.78 is 5.75. The van der Waals surface area contributed by atoms with Crippen LogP contribution in [0.5, 0.6) is 0 Å². The summed E-state index contributed by atoms with van der Waals surface area (Å²) in [5, 5.41) is 3.01. The van der Waals surface area contributed by atoms with Crippen molar-refractivity contribution in [1.29, 1.82) is 0 Å². The largest absolute Gasteiger partial charge is 0.457 e. The van der Waals surface area contributed by atoms with Gasteiger partial charge in [0.2, 0.25) is 5.91 Å². The first-order valence-electron chi connectivity index (χ1n) is 8.00. The number of rotatable bonds is 4. The molecule has 120 valence electrons. The first-order valence-corrected chi connectivity index (χ1v) is 8.00. The van der Waals surface area contributed by atoms with Crippen LogP contribution >= 0.6 is 0 Å². The van der Waals surface area contributed by atoms with Crippen molar-refractivity contribution >= 4 is 11.9 Å². The van der Waals surface area contributed by atoms with Gasteiger partial charge in [-0.1, -0.05) is 34.6 Å². The van der Waals surface area contributed by atoms with Crippen LogP contribution in [0.4, 0.5) is 0 Å². The van der Waals surface area contributed by atoms with E-state index in [9.17, 15) is 9.59 Å². The van der Waals surface area contributed by atoms with Gasteiger partial charge in [0.05, 0.1) is 12.0 Å². The lowest BCUT2D eigenvalue weighted by Gasteiger charge is -2.59. The van der Waals surface area contributed by atoms with Crippen LogP contribution in [-0.4, -0.2) is 24.0 Å². The topological polar surface area (TPSA) is 55.4 Å². The molecule has 1 aliphatic carbocycles. The summed E-state index contributed by atoms with van der Waals surface area (Å²) in [5.41, 5.74) is -1.38. The summed E-state index contributed by atoms with van der Waals surface area (Å²) in [7, 11) is 0. The molecular weight excluding hydrogens is 266 g/mol. The molecule has 2 heterocycles. The zero-order chi connectivity index (χ0) is 16.1. The average Bonchev–Trinajstić information content (AvgIpc) is 2.39. The van der Waals surface area contributed by atoms with Gasteiger partial charge in [-0.15, -0.1) is 0 Å². The van der Waals surface area contributed by atoms with E-state index in [1.165, 1.54) is 0 Å². The molecule has 1 N–H and O–H groups in total. The van der Waals surface area contributed by atoms with E-state index in [4.69, 9.17) is 4.74 Å². The Hall–Kier alpha value is -1.06. The van der Waals surface area contributed by atoms with Gasteiger partial charge in [-0.2, -0.15) is 0 Å². The maximum absolute atomic E-state index is 12.4. The quantitative estimate of drug-likeness (QED) is 0.811. The highest BCUT2D eigenvalue weighted by molar-refractivity contribution is 5.82. The molecule has 4 nitrogen and oxygen atoms in total. The van der Waals surface area contributed by atoms with Gasteiger partial charge in [0, 0.05) is 5.41 Å². The Kier molecular flexibility index (Phi) is 3.67. The summed E-state index contributed by atoms with van der Waals surface area (Å²) in [6.07, 6.45) is 3.28. The molecule has 0 aromatic heterocycles. The lowest BCUT2D eigenvalue weighted by atomic mass is 9.53. The second-order valence-electron chi connectivity index (χ2n) is 8.39. The Balaban J connectivity index is 2.11. The molecule has 2 bridgehead atoms. The molecule has 21 heavy (non-hydrogen) atoms. The number of fused-ring (bicyclic) bond motifs is 3. The van der Waals surface area contributed by atoms with Crippen molar-refractivity contribution in [2.75, 3.05) is 6.54 Å². The van der Waals surface area contributed by atoms with Crippen molar-refractivity contribution in [3.8, 4) is 0 Å². The number of ether oxygens (including phenoxy) is 1. The van der Waals surface area contributed by atoms with Crippen molar-refractivity contribution in [2.45, 2.75) is 72.8 Å². The van der Waals surface area contributed by atoms with Gasteiger partial charge in [-0.05, 0) is 38.0 Å². The molecule has 3 aliphatic rings. The molecule has 0 aromatic rings. The Bertz CT molecular complexity index is 469. The normalized spacial score (nSPS) is 34.5. The molecule has 3 rings (SSSR count). The fourth-order valence-corrected chi connectivity index (χ4v) is 3.51. The Labute approximate surface area is 128 Å². The van der Waals surface area contributed by atoms with Gasteiger partial charge in [0.15, 0.2) is 0 Å². The number of carbonyl (C=O) groups excluding carboxylic acids is 2. The molecular formula is C17H29NO3. The summed E-state index contributed by atoms with van der Waals surface area (Å²) in [6, 6.07) is 0. The molecule has 4 heteroatoms. The highest BCUT2D eigenvalue weighted by Crippen LogP contribution is 2.59. The number of carbonyl (C=O) groups is 2. The zero-order valence-corrected chi connectivity index (χ0v) is 14.3. The fraction of sp³-hybridized carbons (Fsp3) is 0.882. The maximum atomic E-state index is 12.4. The van der Waals surface area contributed by atoms with E-state index in [1.54, 1.807) is 0 Å². The van der Waals surface area contributed by atoms with Gasteiger partial charge in [-0.25, -0.2) is 0 Å². The second kappa shape index (κ2) is 4.72. The van der Waals surface area contributed by atoms with Crippen LogP contribution in [-0.2, 0) is 14.3 Å². The van der Waals surface area contributed by atoms with Gasteiger partial charge in [0.1, 0.15) is 5.60 Å². The van der Waals surface area contributed by atoms with Gasteiger partial charge in [0.25, 0.3) is 0 Å². The molecule has 0 spiro atoms. The SMILES string of the molecule is CCC(C)(C)C(=O)NCC12CCC(C)(C(=O)O1)C(C)(C)C2. The minimum atomic E-state index is -0.516. The number of esters is 1. The van der Waals surface area contributed by atoms with E-state index >= 15 is 0 Å². The molecule has 2 saturated heterocycles. The first kappa shape index (κ1) is 16.3. The molecule has 1 amide bonds. The smallest absolute Gasteiger partial charge is 0.312 e. The van der Waals surface area contributed by atoms with Crippen LogP contribution in [0, 0.1) is 16.2 Å². The first-order chi connectivity index (χ1) is 9.48. The lowest BCUT2D eigenvalue weighted by molar-refractivity contribution is -0.226. The Morgan fingerprint density at radius 3 is 2.38 bits per heavy atom. The standard InChI is InChI=1S/C17H29NO3/c1-7-14(2,3)12(19)18-11-17-9-8-16(6,13(20)21-17)15(4,5)10-17/h7-11H2,1-6H3,(H,18,19). The molecule has 0 aromatic carbocycles. The Morgan fingerprint density at radius 2 is 1.90 bits per heavy atom. The van der Waals surface area contributed by atoms with Crippen molar-refractivity contribution < 1.29 is 14.3 Å². The van der Waals surface area contributed by atoms with Crippen LogP contribution in [0.2, 0.25) is 0 Å². The second-order valence-corrected chi connectivity index (χ2v) is 8.39. The van der Waals surface area contributed by atoms with Crippen LogP contribution < -0.4 is 5.32 Å². The number of hydrogen-bond acceptors (Lipinski definition) is 3. The average molecular weight is 295 g/mol. The molecule has 1 saturated carbocycles. The van der Waals surface area contributed by atoms with Crippen molar-refractivity contribution in [3.63, 3.8) is 0 Å². The fourth-order valence-electron chi connectivity index (χ4n) is 3.51. The van der Waals surface area contributed by atoms with Crippen molar-refractivity contribution in [1.82, 2.24) is 5.32 Å². The van der Waals surface area contributed by atoms with Gasteiger partial charge in [-0.3, -0.25) is 9.59 Å². The van der Waals surface area contributed by atoms with Crippen LogP contribution in [0.3, 0.4) is 0 Å². The van der Waals surface area contributed by atoms with E-state index < -0.39 is 5.60 Å². The monoisotopic (exact) mass is 295 g/mol. The van der Waals surface area contributed by atoms with Gasteiger partial charge >= 0.3 is 5.97 Å². The third-order valence-electron chi connectivity index (χ3n) is 6.17.